The SMILES string of the molecule is O=C(COc1cc[c]cc1)n1cccc1. The molecule has 0 aliphatic carbocycles. The third kappa shape index (κ3) is 2.47. The molecule has 0 N–H and O–H groups in total. The average molecular weight is 200 g/mol. The fourth-order valence-corrected chi connectivity index (χ4v) is 1.19. The van der Waals surface area contributed by atoms with Gasteiger partial charge in [0, 0.05) is 12.4 Å². The quantitative estimate of drug-likeness (QED) is 0.758. The molecule has 0 saturated heterocycles. The van der Waals surface area contributed by atoms with E-state index in [1.54, 1.807) is 48.8 Å². The maximum atomic E-state index is 11.5. The van der Waals surface area contributed by atoms with Crippen LogP contribution in [0.5, 0.6) is 5.75 Å². The van der Waals surface area contributed by atoms with E-state index in [0.29, 0.717) is 5.75 Å². The Balaban J connectivity index is 1.92. The fraction of sp³-hybridized carbons (Fsp3) is 0.0833. The van der Waals surface area contributed by atoms with Gasteiger partial charge >= 0.3 is 0 Å². The smallest absolute Gasteiger partial charge is 0.268 e. The van der Waals surface area contributed by atoms with E-state index in [9.17, 15) is 4.79 Å². The molecular formula is C12H10NO2. The van der Waals surface area contributed by atoms with Crippen LogP contribution in [-0.2, 0) is 0 Å². The van der Waals surface area contributed by atoms with Gasteiger partial charge in [-0.05, 0) is 30.3 Å². The molecule has 1 aromatic carbocycles. The Bertz CT molecular complexity index is 420. The zero-order chi connectivity index (χ0) is 10.5. The summed E-state index contributed by atoms with van der Waals surface area (Å²) >= 11 is 0. The Labute approximate surface area is 87.9 Å². The number of hydrogen-bond acceptors (Lipinski definition) is 2. The van der Waals surface area contributed by atoms with Crippen molar-refractivity contribution in [3.8, 4) is 5.75 Å². The van der Waals surface area contributed by atoms with Crippen molar-refractivity contribution < 1.29 is 9.53 Å². The van der Waals surface area contributed by atoms with Crippen LogP contribution in [0, 0.1) is 6.07 Å². The van der Waals surface area contributed by atoms with Gasteiger partial charge in [0.1, 0.15) is 5.75 Å². The highest BCUT2D eigenvalue weighted by atomic mass is 16.5. The summed E-state index contributed by atoms with van der Waals surface area (Å²) in [6, 6.07) is 13.5. The molecule has 0 unspecified atom stereocenters. The molecule has 0 aliphatic rings. The number of aromatic nitrogens is 1. The standard InChI is InChI=1S/C12H10NO2/c14-12(13-8-4-5-9-13)10-15-11-6-2-1-3-7-11/h2-9H,10H2. The Kier molecular flexibility index (Phi) is 2.83. The van der Waals surface area contributed by atoms with Gasteiger partial charge in [-0.25, -0.2) is 0 Å². The molecule has 0 aliphatic heterocycles. The molecule has 2 rings (SSSR count). The van der Waals surface area contributed by atoms with Crippen molar-refractivity contribution in [1.82, 2.24) is 4.57 Å². The van der Waals surface area contributed by atoms with Gasteiger partial charge in [0.05, 0.1) is 0 Å². The molecule has 1 radical (unpaired) electrons. The average Bonchev–Trinajstić information content (AvgIpc) is 2.81. The van der Waals surface area contributed by atoms with Crippen molar-refractivity contribution in [3.63, 3.8) is 0 Å². The van der Waals surface area contributed by atoms with E-state index in [-0.39, 0.29) is 12.5 Å². The van der Waals surface area contributed by atoms with Gasteiger partial charge in [0.25, 0.3) is 5.91 Å². The summed E-state index contributed by atoms with van der Waals surface area (Å²) in [7, 11) is 0. The first-order valence-electron chi connectivity index (χ1n) is 4.61. The lowest BCUT2D eigenvalue weighted by atomic mass is 10.3. The zero-order valence-electron chi connectivity index (χ0n) is 8.09. The molecule has 0 bridgehead atoms. The molecule has 1 aromatic heterocycles. The van der Waals surface area contributed by atoms with Crippen molar-refractivity contribution in [2.45, 2.75) is 0 Å². The highest BCUT2D eigenvalue weighted by Crippen LogP contribution is 2.07. The van der Waals surface area contributed by atoms with Crippen LogP contribution in [0.2, 0.25) is 0 Å². The second kappa shape index (κ2) is 4.46. The van der Waals surface area contributed by atoms with Crippen molar-refractivity contribution in [2.75, 3.05) is 6.61 Å². The van der Waals surface area contributed by atoms with Crippen molar-refractivity contribution >= 4 is 5.91 Å². The Morgan fingerprint density at radius 2 is 1.93 bits per heavy atom. The van der Waals surface area contributed by atoms with Crippen LogP contribution in [0.3, 0.4) is 0 Å². The minimum Gasteiger partial charge on any atom is -0.484 e. The lowest BCUT2D eigenvalue weighted by Crippen LogP contribution is -2.17. The van der Waals surface area contributed by atoms with E-state index in [1.165, 1.54) is 4.57 Å². The van der Waals surface area contributed by atoms with Gasteiger partial charge < -0.3 is 4.74 Å². The highest BCUT2D eigenvalue weighted by Gasteiger charge is 2.03. The Morgan fingerprint density at radius 1 is 1.27 bits per heavy atom. The number of carbonyl (C=O) groups excluding carboxylic acids is 1. The second-order valence-corrected chi connectivity index (χ2v) is 3.01. The fourth-order valence-electron chi connectivity index (χ4n) is 1.19. The number of carbonyl (C=O) groups is 1. The monoisotopic (exact) mass is 200 g/mol. The summed E-state index contributed by atoms with van der Waals surface area (Å²) in [4.78, 5) is 11.5. The molecule has 2 aromatic rings. The summed E-state index contributed by atoms with van der Waals surface area (Å²) in [6.07, 6.45) is 3.40. The first kappa shape index (κ1) is 9.52. The second-order valence-electron chi connectivity index (χ2n) is 3.01. The van der Waals surface area contributed by atoms with E-state index in [2.05, 4.69) is 6.07 Å². The molecule has 0 fully saturated rings. The third-order valence-electron chi connectivity index (χ3n) is 1.94. The number of rotatable bonds is 3. The lowest BCUT2D eigenvalue weighted by Gasteiger charge is -2.05. The summed E-state index contributed by atoms with van der Waals surface area (Å²) in [5.41, 5.74) is 0. The predicted octanol–water partition coefficient (Wildman–Crippen LogP) is 2.01. The number of benzene rings is 1. The predicted molar refractivity (Wildman–Crippen MR) is 55.8 cm³/mol. The van der Waals surface area contributed by atoms with Gasteiger partial charge in [-0.2, -0.15) is 0 Å². The van der Waals surface area contributed by atoms with E-state index in [4.69, 9.17) is 4.74 Å². The minimum absolute atomic E-state index is 0.0404. The van der Waals surface area contributed by atoms with E-state index in [0.717, 1.165) is 0 Å². The number of ether oxygens (including phenoxy) is 1. The van der Waals surface area contributed by atoms with E-state index < -0.39 is 0 Å². The largest absolute Gasteiger partial charge is 0.484 e. The number of hydrogen-bond donors (Lipinski definition) is 0. The summed E-state index contributed by atoms with van der Waals surface area (Å²) in [5.74, 6) is 0.585. The molecule has 0 atom stereocenters. The third-order valence-corrected chi connectivity index (χ3v) is 1.94. The molecule has 0 saturated carbocycles. The van der Waals surface area contributed by atoms with Crippen LogP contribution in [-0.4, -0.2) is 17.1 Å². The Hall–Kier alpha value is -2.03. The normalized spacial score (nSPS) is 9.87. The molecule has 1 heterocycles. The molecule has 3 nitrogen and oxygen atoms in total. The minimum atomic E-state index is -0.0900. The maximum absolute atomic E-state index is 11.5. The van der Waals surface area contributed by atoms with Gasteiger partial charge in [0.2, 0.25) is 0 Å². The van der Waals surface area contributed by atoms with Crippen molar-refractivity contribution in [2.24, 2.45) is 0 Å². The highest BCUT2D eigenvalue weighted by molar-refractivity contribution is 5.80. The molecule has 3 heteroatoms. The summed E-state index contributed by atoms with van der Waals surface area (Å²) in [6.45, 7) is 0.0404. The van der Waals surface area contributed by atoms with Gasteiger partial charge in [0.15, 0.2) is 6.61 Å². The van der Waals surface area contributed by atoms with Crippen LogP contribution in [0.25, 0.3) is 0 Å². The Morgan fingerprint density at radius 3 is 2.60 bits per heavy atom. The molecule has 15 heavy (non-hydrogen) atoms. The topological polar surface area (TPSA) is 31.2 Å². The van der Waals surface area contributed by atoms with Crippen molar-refractivity contribution in [1.29, 1.82) is 0 Å². The number of nitrogens with zero attached hydrogens (tertiary/aromatic N) is 1. The van der Waals surface area contributed by atoms with Gasteiger partial charge in [-0.1, -0.05) is 12.1 Å². The lowest BCUT2D eigenvalue weighted by molar-refractivity contribution is 0.0838. The first-order valence-corrected chi connectivity index (χ1v) is 4.61. The van der Waals surface area contributed by atoms with Gasteiger partial charge in [-0.15, -0.1) is 0 Å². The van der Waals surface area contributed by atoms with Crippen LogP contribution < -0.4 is 4.74 Å². The summed E-state index contributed by atoms with van der Waals surface area (Å²) < 4.78 is 6.80. The van der Waals surface area contributed by atoms with Crippen LogP contribution >= 0.6 is 0 Å². The van der Waals surface area contributed by atoms with Crippen molar-refractivity contribution in [3.05, 3.63) is 54.9 Å². The maximum Gasteiger partial charge on any atom is 0.268 e. The molecule has 0 amide bonds. The zero-order valence-corrected chi connectivity index (χ0v) is 8.09. The molecule has 75 valence electrons. The van der Waals surface area contributed by atoms with Crippen LogP contribution in [0.4, 0.5) is 0 Å². The van der Waals surface area contributed by atoms with E-state index in [1.807, 2.05) is 0 Å². The summed E-state index contributed by atoms with van der Waals surface area (Å²) in [5, 5.41) is 0. The van der Waals surface area contributed by atoms with E-state index >= 15 is 0 Å². The van der Waals surface area contributed by atoms with Gasteiger partial charge in [-0.3, -0.25) is 9.36 Å². The molecular weight excluding hydrogens is 190 g/mol. The van der Waals surface area contributed by atoms with Crippen LogP contribution in [0.1, 0.15) is 4.79 Å². The first-order chi connectivity index (χ1) is 7.36. The molecule has 0 spiro atoms. The van der Waals surface area contributed by atoms with Crippen LogP contribution in [0.15, 0.2) is 48.8 Å².